The summed E-state index contributed by atoms with van der Waals surface area (Å²) in [6, 6.07) is 3.95. The van der Waals surface area contributed by atoms with Crippen LogP contribution in [0, 0.1) is 5.92 Å². The van der Waals surface area contributed by atoms with Gasteiger partial charge in [-0.1, -0.05) is 12.1 Å². The highest BCUT2D eigenvalue weighted by Gasteiger charge is 2.25. The molecule has 0 aliphatic carbocycles. The van der Waals surface area contributed by atoms with E-state index in [-0.39, 0.29) is 12.1 Å². The molecule has 7 nitrogen and oxygen atoms in total. The summed E-state index contributed by atoms with van der Waals surface area (Å²) >= 11 is 0. The summed E-state index contributed by atoms with van der Waals surface area (Å²) < 4.78 is 1.85. The summed E-state index contributed by atoms with van der Waals surface area (Å²) in [5.74, 6) is 0.423. The van der Waals surface area contributed by atoms with Gasteiger partial charge in [0.2, 0.25) is 0 Å². The van der Waals surface area contributed by atoms with Gasteiger partial charge in [-0.3, -0.25) is 9.67 Å². The molecule has 128 valence electrons. The maximum atomic E-state index is 12.7. The first kappa shape index (κ1) is 16.4. The summed E-state index contributed by atoms with van der Waals surface area (Å²) in [6.45, 7) is 4.46. The third-order valence-corrected chi connectivity index (χ3v) is 4.54. The van der Waals surface area contributed by atoms with Crippen molar-refractivity contribution in [2.75, 3.05) is 13.1 Å². The Hall–Kier alpha value is -2.44. The van der Waals surface area contributed by atoms with Gasteiger partial charge in [-0.25, -0.2) is 4.79 Å². The monoisotopic (exact) mass is 328 g/mol. The topological polar surface area (TPSA) is 75.9 Å². The summed E-state index contributed by atoms with van der Waals surface area (Å²) in [6.07, 6.45) is 10.1. The lowest BCUT2D eigenvalue weighted by atomic mass is 9.98. The zero-order valence-electron chi connectivity index (χ0n) is 14.0. The Bertz CT molecular complexity index is 630. The summed E-state index contributed by atoms with van der Waals surface area (Å²) in [5, 5.41) is 11.0. The molecule has 2 unspecified atom stereocenters. The number of rotatable bonds is 5. The maximum Gasteiger partial charge on any atom is 0.317 e. The number of carbonyl (C=O) groups excluding carboxylic acids is 1. The molecular weight excluding hydrogens is 304 g/mol. The number of likely N-dealkylation sites (tertiary alicyclic amines) is 1. The number of aromatic nitrogens is 4. The second kappa shape index (κ2) is 7.90. The van der Waals surface area contributed by atoms with Crippen molar-refractivity contribution >= 4 is 6.03 Å². The molecule has 1 N–H and O–H groups in total. The van der Waals surface area contributed by atoms with E-state index >= 15 is 0 Å². The quantitative estimate of drug-likeness (QED) is 0.913. The molecular formula is C17H24N6O. The van der Waals surface area contributed by atoms with Crippen molar-refractivity contribution in [1.29, 1.82) is 0 Å². The number of urea groups is 1. The molecule has 1 aliphatic heterocycles. The fourth-order valence-electron chi connectivity index (χ4n) is 3.25. The van der Waals surface area contributed by atoms with Gasteiger partial charge in [-0.15, -0.1) is 5.10 Å². The normalized spacial score (nSPS) is 19.0. The van der Waals surface area contributed by atoms with Crippen LogP contribution in [0.1, 0.15) is 37.8 Å². The van der Waals surface area contributed by atoms with Crippen molar-refractivity contribution in [2.45, 2.75) is 38.8 Å². The molecule has 2 aromatic heterocycles. The van der Waals surface area contributed by atoms with Crippen LogP contribution < -0.4 is 5.32 Å². The molecule has 0 aromatic carbocycles. The van der Waals surface area contributed by atoms with E-state index in [0.717, 1.165) is 44.5 Å². The molecule has 0 saturated carbocycles. The molecule has 1 saturated heterocycles. The number of nitrogens with zero attached hydrogens (tertiary/aromatic N) is 5. The Kier molecular flexibility index (Phi) is 5.40. The van der Waals surface area contributed by atoms with E-state index in [2.05, 4.69) is 27.5 Å². The predicted octanol–water partition coefficient (Wildman–Crippen LogP) is 2.25. The van der Waals surface area contributed by atoms with Gasteiger partial charge in [0.15, 0.2) is 0 Å². The Morgan fingerprint density at radius 2 is 2.21 bits per heavy atom. The maximum absolute atomic E-state index is 12.7. The molecule has 0 radical (unpaired) electrons. The smallest absolute Gasteiger partial charge is 0.317 e. The van der Waals surface area contributed by atoms with Gasteiger partial charge < -0.3 is 10.2 Å². The van der Waals surface area contributed by atoms with Crippen molar-refractivity contribution in [3.63, 3.8) is 0 Å². The van der Waals surface area contributed by atoms with E-state index in [9.17, 15) is 4.79 Å². The molecule has 7 heteroatoms. The zero-order chi connectivity index (χ0) is 16.8. The third-order valence-electron chi connectivity index (χ3n) is 4.54. The largest absolute Gasteiger partial charge is 0.331 e. The van der Waals surface area contributed by atoms with Gasteiger partial charge in [-0.2, -0.15) is 0 Å². The average molecular weight is 328 g/mol. The highest BCUT2D eigenvalue weighted by Crippen LogP contribution is 2.20. The first-order valence-corrected chi connectivity index (χ1v) is 8.55. The van der Waals surface area contributed by atoms with E-state index < -0.39 is 0 Å². The van der Waals surface area contributed by atoms with Crippen LogP contribution in [0.5, 0.6) is 0 Å². The van der Waals surface area contributed by atoms with Gasteiger partial charge >= 0.3 is 6.03 Å². The van der Waals surface area contributed by atoms with Crippen LogP contribution >= 0.6 is 0 Å². The van der Waals surface area contributed by atoms with E-state index in [1.165, 1.54) is 0 Å². The number of hydrogen-bond acceptors (Lipinski definition) is 4. The van der Waals surface area contributed by atoms with Crippen LogP contribution in [0.2, 0.25) is 0 Å². The highest BCUT2D eigenvalue weighted by atomic mass is 16.2. The molecule has 2 amide bonds. The van der Waals surface area contributed by atoms with Gasteiger partial charge in [-0.05, 0) is 42.9 Å². The van der Waals surface area contributed by atoms with Crippen LogP contribution in [0.3, 0.4) is 0 Å². The fraction of sp³-hybridized carbons (Fsp3) is 0.529. The summed E-state index contributed by atoms with van der Waals surface area (Å²) in [5.41, 5.74) is 1.09. The number of amides is 2. The number of carbonyl (C=O) groups is 1. The molecule has 1 aliphatic rings. The Morgan fingerprint density at radius 1 is 1.38 bits per heavy atom. The van der Waals surface area contributed by atoms with E-state index in [0.29, 0.717) is 5.92 Å². The van der Waals surface area contributed by atoms with Gasteiger partial charge in [0.05, 0.1) is 12.2 Å². The van der Waals surface area contributed by atoms with Crippen molar-refractivity contribution in [3.05, 3.63) is 42.5 Å². The standard InChI is InChI=1S/C17H24N6O/c1-2-16(15-5-7-18-8-6-15)20-17(24)22-10-3-4-14(12-22)13-23-11-9-19-21-23/h5-9,11,14,16H,2-4,10,12-13H2,1H3,(H,20,24). The minimum Gasteiger partial charge on any atom is -0.331 e. The Labute approximate surface area is 142 Å². The van der Waals surface area contributed by atoms with E-state index in [1.54, 1.807) is 18.6 Å². The molecule has 0 spiro atoms. The fourth-order valence-corrected chi connectivity index (χ4v) is 3.25. The number of nitrogens with one attached hydrogen (secondary N) is 1. The molecule has 2 atom stereocenters. The SMILES string of the molecule is CCC(NC(=O)N1CCCC(Cn2ccnn2)C1)c1ccncc1. The van der Waals surface area contributed by atoms with Gasteiger partial charge in [0, 0.05) is 38.2 Å². The van der Waals surface area contributed by atoms with Crippen LogP contribution in [0.25, 0.3) is 0 Å². The molecule has 0 bridgehead atoms. The molecule has 3 heterocycles. The number of piperidine rings is 1. The minimum atomic E-state index is 0.0157. The van der Waals surface area contributed by atoms with Crippen molar-refractivity contribution in [1.82, 2.24) is 30.2 Å². The first-order chi connectivity index (χ1) is 11.8. The molecule has 2 aromatic rings. The Balaban J connectivity index is 1.57. The first-order valence-electron chi connectivity index (χ1n) is 8.55. The Morgan fingerprint density at radius 3 is 2.92 bits per heavy atom. The van der Waals surface area contributed by atoms with Crippen LogP contribution in [-0.4, -0.2) is 44.0 Å². The van der Waals surface area contributed by atoms with Gasteiger partial charge in [0.1, 0.15) is 0 Å². The van der Waals surface area contributed by atoms with E-state index in [4.69, 9.17) is 0 Å². The molecule has 3 rings (SSSR count). The zero-order valence-corrected chi connectivity index (χ0v) is 14.0. The summed E-state index contributed by atoms with van der Waals surface area (Å²) in [4.78, 5) is 18.6. The third kappa shape index (κ3) is 4.10. The van der Waals surface area contributed by atoms with Gasteiger partial charge in [0.25, 0.3) is 0 Å². The molecule has 1 fully saturated rings. The number of hydrogen-bond donors (Lipinski definition) is 1. The predicted molar refractivity (Wildman–Crippen MR) is 90.1 cm³/mol. The van der Waals surface area contributed by atoms with Crippen LogP contribution in [0.4, 0.5) is 4.79 Å². The lowest BCUT2D eigenvalue weighted by molar-refractivity contribution is 0.154. The molecule has 24 heavy (non-hydrogen) atoms. The second-order valence-corrected chi connectivity index (χ2v) is 6.27. The average Bonchev–Trinajstić information content (AvgIpc) is 3.13. The lowest BCUT2D eigenvalue weighted by Crippen LogP contribution is -2.47. The highest BCUT2D eigenvalue weighted by molar-refractivity contribution is 5.74. The lowest BCUT2D eigenvalue weighted by Gasteiger charge is -2.33. The van der Waals surface area contributed by atoms with Crippen LogP contribution in [-0.2, 0) is 6.54 Å². The number of pyridine rings is 1. The van der Waals surface area contributed by atoms with Crippen molar-refractivity contribution < 1.29 is 4.79 Å². The summed E-state index contributed by atoms with van der Waals surface area (Å²) in [7, 11) is 0. The van der Waals surface area contributed by atoms with Crippen molar-refractivity contribution in [3.8, 4) is 0 Å². The minimum absolute atomic E-state index is 0.0157. The van der Waals surface area contributed by atoms with Crippen LogP contribution in [0.15, 0.2) is 36.9 Å². The van der Waals surface area contributed by atoms with Crippen molar-refractivity contribution in [2.24, 2.45) is 5.92 Å². The van der Waals surface area contributed by atoms with E-state index in [1.807, 2.05) is 27.9 Å². The second-order valence-electron chi connectivity index (χ2n) is 6.27.